The number of benzene rings is 1. The van der Waals surface area contributed by atoms with Crippen LogP contribution in [0.3, 0.4) is 0 Å². The van der Waals surface area contributed by atoms with Gasteiger partial charge in [-0.15, -0.1) is 0 Å². The molecule has 37 heavy (non-hydrogen) atoms. The van der Waals surface area contributed by atoms with Crippen molar-refractivity contribution in [3.63, 3.8) is 0 Å². The highest BCUT2D eigenvalue weighted by Crippen LogP contribution is 2.30. The van der Waals surface area contributed by atoms with Gasteiger partial charge in [0.1, 0.15) is 12.1 Å². The fourth-order valence-corrected chi connectivity index (χ4v) is 5.11. The van der Waals surface area contributed by atoms with E-state index in [1.165, 1.54) is 30.4 Å². The van der Waals surface area contributed by atoms with E-state index in [2.05, 4.69) is 55.9 Å². The van der Waals surface area contributed by atoms with Gasteiger partial charge in [0.15, 0.2) is 11.6 Å². The van der Waals surface area contributed by atoms with Crippen LogP contribution in [0.5, 0.6) is 0 Å². The topological polar surface area (TPSA) is 89.1 Å². The number of amides is 1. The van der Waals surface area contributed by atoms with Crippen molar-refractivity contribution in [3.8, 4) is 0 Å². The number of carbonyl (C=O) groups is 1. The molecule has 0 saturated carbocycles. The predicted octanol–water partition coefficient (Wildman–Crippen LogP) is 4.88. The third-order valence-corrected chi connectivity index (χ3v) is 7.33. The van der Waals surface area contributed by atoms with Crippen molar-refractivity contribution in [1.82, 2.24) is 29.7 Å². The molecule has 0 aliphatic carbocycles. The molecule has 1 aliphatic rings. The second-order valence-corrected chi connectivity index (χ2v) is 9.91. The molecule has 1 N–H and O–H groups in total. The van der Waals surface area contributed by atoms with Crippen LogP contribution in [0.15, 0.2) is 53.3 Å². The van der Waals surface area contributed by atoms with Crippen molar-refractivity contribution in [3.05, 3.63) is 77.5 Å². The number of aryl methyl sites for hydroxylation is 2. The van der Waals surface area contributed by atoms with Gasteiger partial charge in [0, 0.05) is 31.6 Å². The lowest BCUT2D eigenvalue weighted by Gasteiger charge is -2.31. The Morgan fingerprint density at radius 1 is 1.11 bits per heavy atom. The first kappa shape index (κ1) is 25.1. The summed E-state index contributed by atoms with van der Waals surface area (Å²) in [4.78, 5) is 28.7. The molecular formula is C29H36N6O2. The summed E-state index contributed by atoms with van der Waals surface area (Å²) in [6, 6.07) is 12.4. The van der Waals surface area contributed by atoms with E-state index in [9.17, 15) is 4.79 Å². The number of piperidine rings is 1. The second-order valence-electron chi connectivity index (χ2n) is 9.91. The van der Waals surface area contributed by atoms with E-state index >= 15 is 0 Å². The van der Waals surface area contributed by atoms with Gasteiger partial charge < -0.3 is 19.2 Å². The molecule has 0 spiro atoms. The maximum absolute atomic E-state index is 12.5. The largest absolute Gasteiger partial charge is 0.448 e. The summed E-state index contributed by atoms with van der Waals surface area (Å²) < 4.78 is 8.05. The maximum Gasteiger partial charge on any atom is 0.273 e. The molecule has 3 aromatic heterocycles. The van der Waals surface area contributed by atoms with E-state index in [0.29, 0.717) is 30.5 Å². The van der Waals surface area contributed by atoms with E-state index in [0.717, 1.165) is 55.8 Å². The van der Waals surface area contributed by atoms with Crippen molar-refractivity contribution in [1.29, 1.82) is 0 Å². The van der Waals surface area contributed by atoms with Gasteiger partial charge in [-0.25, -0.2) is 9.97 Å². The Morgan fingerprint density at radius 2 is 1.95 bits per heavy atom. The van der Waals surface area contributed by atoms with Gasteiger partial charge in [-0.1, -0.05) is 31.5 Å². The van der Waals surface area contributed by atoms with Crippen LogP contribution in [0.4, 0.5) is 0 Å². The molecule has 5 rings (SSSR count). The third kappa shape index (κ3) is 5.91. The molecule has 8 nitrogen and oxygen atoms in total. The number of unbranched alkanes of at least 4 members (excludes halogenated alkanes) is 1. The van der Waals surface area contributed by atoms with Crippen molar-refractivity contribution < 1.29 is 9.21 Å². The Morgan fingerprint density at radius 3 is 2.76 bits per heavy atom. The number of hydrogen-bond donors (Lipinski definition) is 1. The second kappa shape index (κ2) is 11.7. The normalized spacial score (nSPS) is 14.9. The molecule has 1 aromatic carbocycles. The number of fused-ring (bicyclic) bond motifs is 1. The minimum Gasteiger partial charge on any atom is -0.448 e. The standard InChI is InChI=1S/C29H36N6O2/c1-3-4-15-35-26-10-6-5-9-23(26)33-28(35)22-11-16-34(17-12-22)18-13-27-32-25(20-37-27)29(36)31-19-24-21(2)8-7-14-30-24/h5-10,14,20,22H,3-4,11-13,15-19H2,1-2H3,(H,31,36). The number of oxazole rings is 1. The van der Waals surface area contributed by atoms with Crippen molar-refractivity contribution in [2.24, 2.45) is 0 Å². The van der Waals surface area contributed by atoms with Crippen LogP contribution in [0.2, 0.25) is 0 Å². The van der Waals surface area contributed by atoms with Crippen molar-refractivity contribution in [2.45, 2.75) is 65.0 Å². The molecule has 0 atom stereocenters. The van der Waals surface area contributed by atoms with Crippen LogP contribution >= 0.6 is 0 Å². The highest BCUT2D eigenvalue weighted by atomic mass is 16.3. The summed E-state index contributed by atoms with van der Waals surface area (Å²) in [5.41, 5.74) is 4.57. The number of carbonyl (C=O) groups excluding carboxylic acids is 1. The number of hydrogen-bond acceptors (Lipinski definition) is 6. The molecule has 0 unspecified atom stereocenters. The number of para-hydroxylation sites is 2. The summed E-state index contributed by atoms with van der Waals surface area (Å²) in [5, 5.41) is 2.88. The van der Waals surface area contributed by atoms with Gasteiger partial charge in [0.05, 0.1) is 23.3 Å². The molecule has 8 heteroatoms. The molecule has 0 radical (unpaired) electrons. The third-order valence-electron chi connectivity index (χ3n) is 7.33. The van der Waals surface area contributed by atoms with Gasteiger partial charge >= 0.3 is 0 Å². The first-order chi connectivity index (χ1) is 18.1. The van der Waals surface area contributed by atoms with Crippen molar-refractivity contribution >= 4 is 16.9 Å². The SMILES string of the molecule is CCCCn1c(C2CCN(CCc3nc(C(=O)NCc4ncccc4C)co3)CC2)nc2ccccc21. The van der Waals surface area contributed by atoms with E-state index in [-0.39, 0.29) is 5.91 Å². The van der Waals surface area contributed by atoms with Crippen LogP contribution in [-0.4, -0.2) is 50.0 Å². The number of imidazole rings is 1. The van der Waals surface area contributed by atoms with E-state index < -0.39 is 0 Å². The van der Waals surface area contributed by atoms with E-state index in [1.807, 2.05) is 19.1 Å². The smallest absolute Gasteiger partial charge is 0.273 e. The number of nitrogens with one attached hydrogen (secondary N) is 1. The minimum atomic E-state index is -0.244. The van der Waals surface area contributed by atoms with Gasteiger partial charge in [0.25, 0.3) is 5.91 Å². The summed E-state index contributed by atoms with van der Waals surface area (Å²) in [7, 11) is 0. The van der Waals surface area contributed by atoms with Gasteiger partial charge in [0.2, 0.25) is 0 Å². The minimum absolute atomic E-state index is 0.244. The number of rotatable bonds is 10. The van der Waals surface area contributed by atoms with Crippen molar-refractivity contribution in [2.75, 3.05) is 19.6 Å². The monoisotopic (exact) mass is 500 g/mol. The Bertz CT molecular complexity index is 1340. The van der Waals surface area contributed by atoms with Crippen LogP contribution in [0, 0.1) is 6.92 Å². The Balaban J connectivity index is 1.12. The first-order valence-electron chi connectivity index (χ1n) is 13.4. The summed E-state index contributed by atoms with van der Waals surface area (Å²) in [6.45, 7) is 8.55. The van der Waals surface area contributed by atoms with E-state index in [4.69, 9.17) is 9.40 Å². The van der Waals surface area contributed by atoms with Crippen LogP contribution in [0.25, 0.3) is 11.0 Å². The number of pyridine rings is 1. The zero-order chi connectivity index (χ0) is 25.6. The highest BCUT2D eigenvalue weighted by Gasteiger charge is 2.25. The zero-order valence-electron chi connectivity index (χ0n) is 21.8. The fraction of sp³-hybridized carbons (Fsp3) is 0.448. The number of nitrogens with zero attached hydrogens (tertiary/aromatic N) is 5. The van der Waals surface area contributed by atoms with Gasteiger partial charge in [-0.3, -0.25) is 9.78 Å². The number of aromatic nitrogens is 4. The molecule has 4 heterocycles. The molecule has 0 bridgehead atoms. The van der Waals surface area contributed by atoms with Gasteiger partial charge in [-0.05, 0) is 63.0 Å². The molecule has 1 aliphatic heterocycles. The van der Waals surface area contributed by atoms with E-state index in [1.54, 1.807) is 6.20 Å². The summed E-state index contributed by atoms with van der Waals surface area (Å²) in [5.74, 6) is 2.09. The lowest BCUT2D eigenvalue weighted by Crippen LogP contribution is -2.35. The average molecular weight is 501 g/mol. The molecule has 1 fully saturated rings. The first-order valence-corrected chi connectivity index (χ1v) is 13.4. The highest BCUT2D eigenvalue weighted by molar-refractivity contribution is 5.91. The maximum atomic E-state index is 12.5. The molecule has 194 valence electrons. The van der Waals surface area contributed by atoms with Crippen LogP contribution < -0.4 is 5.32 Å². The zero-order valence-corrected chi connectivity index (χ0v) is 21.8. The van der Waals surface area contributed by atoms with Gasteiger partial charge in [-0.2, -0.15) is 0 Å². The summed E-state index contributed by atoms with van der Waals surface area (Å²) in [6.07, 6.45) is 8.41. The molecular weight excluding hydrogens is 464 g/mol. The average Bonchev–Trinajstić information content (AvgIpc) is 3.55. The molecule has 1 amide bonds. The predicted molar refractivity (Wildman–Crippen MR) is 143 cm³/mol. The lowest BCUT2D eigenvalue weighted by atomic mass is 9.95. The number of likely N-dealkylation sites (tertiary alicyclic amines) is 1. The molecule has 1 saturated heterocycles. The lowest BCUT2D eigenvalue weighted by molar-refractivity contribution is 0.0945. The quantitative estimate of drug-likeness (QED) is 0.334. The Kier molecular flexibility index (Phi) is 7.94. The Hall–Kier alpha value is -3.52. The summed E-state index contributed by atoms with van der Waals surface area (Å²) >= 11 is 0. The van der Waals surface area contributed by atoms with Crippen LogP contribution in [-0.2, 0) is 19.5 Å². The Labute approximate surface area is 218 Å². The molecule has 4 aromatic rings. The van der Waals surface area contributed by atoms with Crippen LogP contribution in [0.1, 0.15) is 72.0 Å². The fourth-order valence-electron chi connectivity index (χ4n) is 5.11.